The van der Waals surface area contributed by atoms with E-state index in [4.69, 9.17) is 11.6 Å². The van der Waals surface area contributed by atoms with Crippen molar-refractivity contribution in [2.75, 3.05) is 25.0 Å². The van der Waals surface area contributed by atoms with Crippen LogP contribution in [0.25, 0.3) is 0 Å². The van der Waals surface area contributed by atoms with Crippen molar-refractivity contribution in [1.29, 1.82) is 0 Å². The fourth-order valence-corrected chi connectivity index (χ4v) is 6.62. The van der Waals surface area contributed by atoms with Gasteiger partial charge in [0.25, 0.3) is 0 Å². The Labute approximate surface area is 200 Å². The molecule has 2 heterocycles. The van der Waals surface area contributed by atoms with Gasteiger partial charge in [0.05, 0.1) is 11.4 Å². The van der Waals surface area contributed by atoms with E-state index >= 15 is 0 Å². The van der Waals surface area contributed by atoms with Gasteiger partial charge in [0.2, 0.25) is 15.2 Å². The Morgan fingerprint density at radius 3 is 2.62 bits per heavy atom. The van der Waals surface area contributed by atoms with Gasteiger partial charge in [-0.2, -0.15) is 4.31 Å². The van der Waals surface area contributed by atoms with Crippen LogP contribution in [0.3, 0.4) is 0 Å². The SMILES string of the molecule is O=C(CNc1nnc(SCc2ccc(Cl)cc2)s1)c1cccc(S(=O)(=O)N2CCCC2)c1. The number of ketones is 1. The lowest BCUT2D eigenvalue weighted by Crippen LogP contribution is -2.28. The number of sulfonamides is 1. The Balaban J connectivity index is 1.33. The van der Waals surface area contributed by atoms with Crippen molar-refractivity contribution in [1.82, 2.24) is 14.5 Å². The van der Waals surface area contributed by atoms with E-state index in [1.165, 1.54) is 27.8 Å². The van der Waals surface area contributed by atoms with Crippen LogP contribution >= 0.6 is 34.7 Å². The minimum absolute atomic E-state index is 0.00367. The quantitative estimate of drug-likeness (QED) is 0.334. The maximum Gasteiger partial charge on any atom is 0.243 e. The molecule has 1 aliphatic heterocycles. The van der Waals surface area contributed by atoms with Crippen LogP contribution in [0.1, 0.15) is 28.8 Å². The average molecular weight is 509 g/mol. The van der Waals surface area contributed by atoms with Gasteiger partial charge in [-0.05, 0) is 42.7 Å². The van der Waals surface area contributed by atoms with Gasteiger partial charge < -0.3 is 5.32 Å². The third-order valence-electron chi connectivity index (χ3n) is 4.94. The van der Waals surface area contributed by atoms with Gasteiger partial charge >= 0.3 is 0 Å². The number of halogens is 1. The fraction of sp³-hybridized carbons (Fsp3) is 0.286. The molecule has 168 valence electrons. The van der Waals surface area contributed by atoms with E-state index in [0.717, 1.165) is 28.5 Å². The fourth-order valence-electron chi connectivity index (χ4n) is 3.23. The lowest BCUT2D eigenvalue weighted by atomic mass is 10.1. The number of nitrogens with one attached hydrogen (secondary N) is 1. The van der Waals surface area contributed by atoms with Crippen molar-refractivity contribution in [2.45, 2.75) is 27.8 Å². The number of Topliss-reactive ketones (excluding diaryl/α,β-unsaturated/α-hetero) is 1. The standard InChI is InChI=1S/C21H21ClN4O3S3/c22-17-8-6-15(7-9-17)14-30-21-25-24-20(31-21)23-13-19(27)16-4-3-5-18(12-16)32(28,29)26-10-1-2-11-26/h3-9,12H,1-2,10-11,13-14H2,(H,23,24). The minimum Gasteiger partial charge on any atom is -0.353 e. The van der Waals surface area contributed by atoms with Gasteiger partial charge in [0.15, 0.2) is 10.1 Å². The molecule has 0 unspecified atom stereocenters. The van der Waals surface area contributed by atoms with E-state index in [1.54, 1.807) is 23.9 Å². The minimum atomic E-state index is -3.56. The van der Waals surface area contributed by atoms with Crippen molar-refractivity contribution >= 4 is 55.6 Å². The van der Waals surface area contributed by atoms with Crippen LogP contribution in [-0.4, -0.2) is 48.3 Å². The zero-order valence-electron chi connectivity index (χ0n) is 17.0. The molecule has 0 bridgehead atoms. The van der Waals surface area contributed by atoms with Crippen LogP contribution in [0.15, 0.2) is 57.8 Å². The zero-order valence-corrected chi connectivity index (χ0v) is 20.2. The summed E-state index contributed by atoms with van der Waals surface area (Å²) in [6.07, 6.45) is 1.73. The number of hydrogen-bond acceptors (Lipinski definition) is 8. The summed E-state index contributed by atoms with van der Waals surface area (Å²) in [6.45, 7) is 1.05. The lowest BCUT2D eigenvalue weighted by Gasteiger charge is -2.15. The van der Waals surface area contributed by atoms with Gasteiger partial charge in [-0.3, -0.25) is 4.79 Å². The number of rotatable bonds is 9. The van der Waals surface area contributed by atoms with Crippen molar-refractivity contribution in [3.05, 3.63) is 64.7 Å². The summed E-state index contributed by atoms with van der Waals surface area (Å²) < 4.78 is 27.7. The van der Waals surface area contributed by atoms with Crippen LogP contribution in [0, 0.1) is 0 Å². The van der Waals surface area contributed by atoms with Crippen LogP contribution in [0.4, 0.5) is 5.13 Å². The van der Waals surface area contributed by atoms with E-state index < -0.39 is 10.0 Å². The Hall–Kier alpha value is -1.98. The Morgan fingerprint density at radius 2 is 1.88 bits per heavy atom. The van der Waals surface area contributed by atoms with E-state index in [1.807, 2.05) is 24.3 Å². The number of carbonyl (C=O) groups is 1. The van der Waals surface area contributed by atoms with Crippen molar-refractivity contribution in [3.63, 3.8) is 0 Å². The molecule has 32 heavy (non-hydrogen) atoms. The van der Waals surface area contributed by atoms with Gasteiger partial charge in [-0.25, -0.2) is 8.42 Å². The molecule has 2 aromatic carbocycles. The van der Waals surface area contributed by atoms with Crippen molar-refractivity contribution in [2.24, 2.45) is 0 Å². The normalized spacial score (nSPS) is 14.5. The predicted molar refractivity (Wildman–Crippen MR) is 128 cm³/mol. The average Bonchev–Trinajstić information content (AvgIpc) is 3.50. The second-order valence-corrected chi connectivity index (χ2v) is 11.8. The van der Waals surface area contributed by atoms with Crippen molar-refractivity contribution in [3.8, 4) is 0 Å². The smallest absolute Gasteiger partial charge is 0.243 e. The first kappa shape index (κ1) is 23.2. The highest BCUT2D eigenvalue weighted by molar-refractivity contribution is 8.00. The summed E-state index contributed by atoms with van der Waals surface area (Å²) in [5.41, 5.74) is 1.47. The number of thioether (sulfide) groups is 1. The molecule has 3 aromatic rings. The molecule has 0 radical (unpaired) electrons. The topological polar surface area (TPSA) is 92.3 Å². The van der Waals surface area contributed by atoms with Gasteiger partial charge in [-0.15, -0.1) is 10.2 Å². The molecule has 1 N–H and O–H groups in total. The second kappa shape index (κ2) is 10.3. The van der Waals surface area contributed by atoms with Gasteiger partial charge in [-0.1, -0.05) is 59.0 Å². The first-order valence-corrected chi connectivity index (χ1v) is 13.6. The summed E-state index contributed by atoms with van der Waals surface area (Å²) in [5.74, 6) is 0.525. The number of aromatic nitrogens is 2. The van der Waals surface area contributed by atoms with E-state index in [2.05, 4.69) is 15.5 Å². The molecule has 1 aromatic heterocycles. The molecular weight excluding hydrogens is 488 g/mol. The highest BCUT2D eigenvalue weighted by atomic mass is 35.5. The molecular formula is C21H21ClN4O3S3. The molecule has 11 heteroatoms. The largest absolute Gasteiger partial charge is 0.353 e. The molecule has 0 amide bonds. The summed E-state index contributed by atoms with van der Waals surface area (Å²) >= 11 is 8.82. The summed E-state index contributed by atoms with van der Waals surface area (Å²) in [7, 11) is -3.56. The number of nitrogens with zero attached hydrogens (tertiary/aromatic N) is 3. The molecule has 0 aliphatic carbocycles. The van der Waals surface area contributed by atoms with E-state index in [9.17, 15) is 13.2 Å². The van der Waals surface area contributed by atoms with Crippen LogP contribution in [0.5, 0.6) is 0 Å². The maximum atomic E-state index is 12.7. The van der Waals surface area contributed by atoms with Gasteiger partial charge in [0, 0.05) is 29.4 Å². The Bertz CT molecular complexity index is 1190. The summed E-state index contributed by atoms with van der Waals surface area (Å²) in [4.78, 5) is 12.8. The van der Waals surface area contributed by atoms with Crippen molar-refractivity contribution < 1.29 is 13.2 Å². The molecule has 0 atom stereocenters. The van der Waals surface area contributed by atoms with E-state index in [-0.39, 0.29) is 17.2 Å². The first-order chi connectivity index (χ1) is 15.4. The molecule has 4 rings (SSSR count). The molecule has 1 aliphatic rings. The third-order valence-corrected chi connectivity index (χ3v) is 9.17. The van der Waals surface area contributed by atoms with Gasteiger partial charge in [0.1, 0.15) is 0 Å². The van der Waals surface area contributed by atoms with Crippen LogP contribution in [-0.2, 0) is 15.8 Å². The maximum absolute atomic E-state index is 12.7. The lowest BCUT2D eigenvalue weighted by molar-refractivity contribution is 0.101. The number of anilines is 1. The van der Waals surface area contributed by atoms with E-state index in [0.29, 0.717) is 28.8 Å². The summed E-state index contributed by atoms with van der Waals surface area (Å²) in [5, 5.41) is 12.4. The van der Waals surface area contributed by atoms with Crippen LogP contribution < -0.4 is 5.32 Å². The first-order valence-electron chi connectivity index (χ1n) is 10.00. The second-order valence-electron chi connectivity index (χ2n) is 7.20. The molecule has 1 fully saturated rings. The molecule has 0 spiro atoms. The zero-order chi connectivity index (χ0) is 22.6. The predicted octanol–water partition coefficient (Wildman–Crippen LogP) is 4.56. The molecule has 1 saturated heterocycles. The Morgan fingerprint density at radius 1 is 1.12 bits per heavy atom. The van der Waals surface area contributed by atoms with Crippen LogP contribution in [0.2, 0.25) is 5.02 Å². The molecule has 7 nitrogen and oxygen atoms in total. The Kier molecular flexibility index (Phi) is 7.47. The number of carbonyl (C=O) groups excluding carboxylic acids is 1. The number of hydrogen-bond donors (Lipinski definition) is 1. The highest BCUT2D eigenvalue weighted by Gasteiger charge is 2.27. The number of benzene rings is 2. The molecule has 0 saturated carbocycles. The highest BCUT2D eigenvalue weighted by Crippen LogP contribution is 2.28. The summed E-state index contributed by atoms with van der Waals surface area (Å²) in [6, 6.07) is 13.8. The third kappa shape index (κ3) is 5.68. The monoisotopic (exact) mass is 508 g/mol.